The minimum absolute atomic E-state index is 0.179. The molecule has 2 aromatic heterocycles. The van der Waals surface area contributed by atoms with E-state index in [1.165, 1.54) is 11.3 Å². The Labute approximate surface area is 149 Å². The lowest BCUT2D eigenvalue weighted by Gasteiger charge is -2.13. The van der Waals surface area contributed by atoms with Crippen molar-refractivity contribution >= 4 is 27.5 Å². The largest absolute Gasteiger partial charge is 0.505 e. The molecular weight excluding hydrogens is 336 g/mol. The summed E-state index contributed by atoms with van der Waals surface area (Å²) >= 11 is 1.32. The molecule has 6 heteroatoms. The molecule has 2 N–H and O–H groups in total. The van der Waals surface area contributed by atoms with E-state index < -0.39 is 11.5 Å². The molecule has 1 amide bonds. The van der Waals surface area contributed by atoms with E-state index >= 15 is 0 Å². The van der Waals surface area contributed by atoms with Gasteiger partial charge in [-0.1, -0.05) is 43.7 Å². The molecule has 0 bridgehead atoms. The van der Waals surface area contributed by atoms with Gasteiger partial charge >= 0.3 is 0 Å². The van der Waals surface area contributed by atoms with E-state index in [4.69, 9.17) is 0 Å². The Hall–Kier alpha value is -2.60. The number of fused-ring (bicyclic) bond motifs is 1. The van der Waals surface area contributed by atoms with Gasteiger partial charge in [-0.2, -0.15) is 0 Å². The SMILES string of the molecule is CCCCNC(=O)c1c(O)c2sccc2n(Cc2ccccc2)c1=O. The molecule has 130 valence electrons. The van der Waals surface area contributed by atoms with Crippen LogP contribution in [0, 0.1) is 0 Å². The van der Waals surface area contributed by atoms with Gasteiger partial charge in [0, 0.05) is 6.54 Å². The van der Waals surface area contributed by atoms with Crippen molar-refractivity contribution in [1.29, 1.82) is 0 Å². The smallest absolute Gasteiger partial charge is 0.268 e. The van der Waals surface area contributed by atoms with E-state index in [2.05, 4.69) is 5.32 Å². The van der Waals surface area contributed by atoms with Crippen LogP contribution in [0.4, 0.5) is 0 Å². The average molecular weight is 356 g/mol. The zero-order valence-corrected chi connectivity index (χ0v) is 14.8. The van der Waals surface area contributed by atoms with Crippen molar-refractivity contribution in [3.63, 3.8) is 0 Å². The molecule has 0 aliphatic rings. The molecule has 0 aliphatic heterocycles. The summed E-state index contributed by atoms with van der Waals surface area (Å²) in [6.07, 6.45) is 1.76. The minimum Gasteiger partial charge on any atom is -0.505 e. The number of nitrogens with zero attached hydrogens (tertiary/aromatic N) is 1. The summed E-state index contributed by atoms with van der Waals surface area (Å²) < 4.78 is 2.10. The molecule has 3 rings (SSSR count). The molecular formula is C19H20N2O3S. The Kier molecular flexibility index (Phi) is 5.19. The maximum Gasteiger partial charge on any atom is 0.268 e. The van der Waals surface area contributed by atoms with Crippen molar-refractivity contribution < 1.29 is 9.90 Å². The second kappa shape index (κ2) is 7.53. The fraction of sp³-hybridized carbons (Fsp3) is 0.263. The second-order valence-electron chi connectivity index (χ2n) is 5.84. The summed E-state index contributed by atoms with van der Waals surface area (Å²) in [6.45, 7) is 2.85. The van der Waals surface area contributed by atoms with E-state index in [1.807, 2.05) is 42.6 Å². The monoisotopic (exact) mass is 356 g/mol. The van der Waals surface area contributed by atoms with Crippen LogP contribution in [0.2, 0.25) is 0 Å². The zero-order chi connectivity index (χ0) is 17.8. The van der Waals surface area contributed by atoms with E-state index in [9.17, 15) is 14.7 Å². The van der Waals surface area contributed by atoms with Crippen LogP contribution < -0.4 is 10.9 Å². The fourth-order valence-electron chi connectivity index (χ4n) is 2.75. The van der Waals surface area contributed by atoms with Crippen LogP contribution in [0.25, 0.3) is 10.2 Å². The van der Waals surface area contributed by atoms with Crippen molar-refractivity contribution in [1.82, 2.24) is 9.88 Å². The van der Waals surface area contributed by atoms with Gasteiger partial charge in [-0.25, -0.2) is 0 Å². The van der Waals surface area contributed by atoms with Gasteiger partial charge in [0.2, 0.25) is 0 Å². The predicted octanol–water partition coefficient (Wildman–Crippen LogP) is 3.35. The molecule has 0 spiro atoms. The first kappa shape index (κ1) is 17.2. The number of aromatic hydroxyl groups is 1. The Morgan fingerprint density at radius 3 is 2.72 bits per heavy atom. The summed E-state index contributed by atoms with van der Waals surface area (Å²) in [7, 11) is 0. The molecule has 25 heavy (non-hydrogen) atoms. The number of amides is 1. The summed E-state index contributed by atoms with van der Waals surface area (Å²) in [5.74, 6) is -0.749. The van der Waals surface area contributed by atoms with Gasteiger partial charge in [0.15, 0.2) is 5.75 Å². The fourth-order valence-corrected chi connectivity index (χ4v) is 3.59. The molecule has 3 aromatic rings. The lowest BCUT2D eigenvalue weighted by molar-refractivity contribution is 0.0948. The number of rotatable bonds is 6. The molecule has 0 saturated heterocycles. The maximum absolute atomic E-state index is 12.9. The van der Waals surface area contributed by atoms with Gasteiger partial charge in [-0.3, -0.25) is 9.59 Å². The first-order valence-electron chi connectivity index (χ1n) is 8.28. The standard InChI is InChI=1S/C19H20N2O3S/c1-2-3-10-20-18(23)15-16(22)17-14(9-11-25-17)21(19(15)24)12-13-7-5-4-6-8-13/h4-9,11,22H,2-3,10,12H2,1H3,(H,20,23). The lowest BCUT2D eigenvalue weighted by Crippen LogP contribution is -2.34. The van der Waals surface area contributed by atoms with Crippen molar-refractivity contribution in [2.45, 2.75) is 26.3 Å². The van der Waals surface area contributed by atoms with Crippen LogP contribution in [0.5, 0.6) is 5.75 Å². The number of thiophene rings is 1. The highest BCUT2D eigenvalue weighted by molar-refractivity contribution is 7.17. The Morgan fingerprint density at radius 2 is 2.00 bits per heavy atom. The molecule has 0 radical (unpaired) electrons. The van der Waals surface area contributed by atoms with Gasteiger partial charge in [-0.05, 0) is 23.4 Å². The van der Waals surface area contributed by atoms with Crippen LogP contribution in [0.1, 0.15) is 35.7 Å². The average Bonchev–Trinajstić information content (AvgIpc) is 3.10. The zero-order valence-electron chi connectivity index (χ0n) is 14.0. The van der Waals surface area contributed by atoms with Crippen LogP contribution in [0.3, 0.4) is 0 Å². The molecule has 0 saturated carbocycles. The van der Waals surface area contributed by atoms with Gasteiger partial charge in [0.25, 0.3) is 11.5 Å². The number of hydrogen-bond acceptors (Lipinski definition) is 4. The number of carbonyl (C=O) groups is 1. The lowest BCUT2D eigenvalue weighted by atomic mass is 10.1. The van der Waals surface area contributed by atoms with Crippen molar-refractivity contribution in [3.8, 4) is 5.75 Å². The molecule has 2 heterocycles. The number of pyridine rings is 1. The van der Waals surface area contributed by atoms with Gasteiger partial charge in [0.05, 0.1) is 16.8 Å². The molecule has 5 nitrogen and oxygen atoms in total. The van der Waals surface area contributed by atoms with E-state index in [1.54, 1.807) is 10.6 Å². The first-order valence-corrected chi connectivity index (χ1v) is 9.16. The highest BCUT2D eigenvalue weighted by atomic mass is 32.1. The van der Waals surface area contributed by atoms with Crippen LogP contribution in [0.15, 0.2) is 46.6 Å². The topological polar surface area (TPSA) is 71.3 Å². The number of unbranched alkanes of at least 4 members (excludes halogenated alkanes) is 1. The van der Waals surface area contributed by atoms with Crippen molar-refractivity contribution in [2.24, 2.45) is 0 Å². The quantitative estimate of drug-likeness (QED) is 0.666. The summed E-state index contributed by atoms with van der Waals surface area (Å²) in [5, 5.41) is 15.0. The molecule has 0 atom stereocenters. The molecule has 0 fully saturated rings. The minimum atomic E-state index is -0.520. The highest BCUT2D eigenvalue weighted by Crippen LogP contribution is 2.31. The van der Waals surface area contributed by atoms with Crippen LogP contribution in [-0.2, 0) is 6.54 Å². The number of carbonyl (C=O) groups excluding carboxylic acids is 1. The second-order valence-corrected chi connectivity index (χ2v) is 6.76. The number of benzene rings is 1. The van der Waals surface area contributed by atoms with E-state index in [0.717, 1.165) is 18.4 Å². The van der Waals surface area contributed by atoms with E-state index in [0.29, 0.717) is 23.3 Å². The molecule has 0 aliphatic carbocycles. The van der Waals surface area contributed by atoms with Gasteiger partial charge in [-0.15, -0.1) is 11.3 Å². The number of aromatic nitrogens is 1. The predicted molar refractivity (Wildman–Crippen MR) is 101 cm³/mol. The third-order valence-electron chi connectivity index (χ3n) is 4.07. The number of nitrogens with one attached hydrogen (secondary N) is 1. The molecule has 0 unspecified atom stereocenters. The maximum atomic E-state index is 12.9. The summed E-state index contributed by atoms with van der Waals surface area (Å²) in [4.78, 5) is 25.4. The van der Waals surface area contributed by atoms with Crippen LogP contribution in [-0.4, -0.2) is 22.1 Å². The van der Waals surface area contributed by atoms with Crippen molar-refractivity contribution in [2.75, 3.05) is 6.54 Å². The summed E-state index contributed by atoms with van der Waals surface area (Å²) in [5.41, 5.74) is 0.949. The Bertz CT molecular complexity index is 944. The molecule has 1 aromatic carbocycles. The number of hydrogen-bond donors (Lipinski definition) is 2. The first-order chi connectivity index (χ1) is 12.1. The van der Waals surface area contributed by atoms with Crippen LogP contribution >= 0.6 is 11.3 Å². The third kappa shape index (κ3) is 3.44. The third-order valence-corrected chi connectivity index (χ3v) is 4.98. The van der Waals surface area contributed by atoms with E-state index in [-0.39, 0.29) is 11.3 Å². The highest BCUT2D eigenvalue weighted by Gasteiger charge is 2.22. The summed E-state index contributed by atoms with van der Waals surface area (Å²) in [6, 6.07) is 11.4. The van der Waals surface area contributed by atoms with Crippen molar-refractivity contribution in [3.05, 3.63) is 63.3 Å². The Morgan fingerprint density at radius 1 is 1.24 bits per heavy atom. The normalized spacial score (nSPS) is 10.9. The Balaban J connectivity index is 2.08. The van der Waals surface area contributed by atoms with Gasteiger partial charge in [0.1, 0.15) is 5.56 Å². The van der Waals surface area contributed by atoms with Gasteiger partial charge < -0.3 is 15.0 Å².